The van der Waals surface area contributed by atoms with Gasteiger partial charge < -0.3 is 4.90 Å². The fourth-order valence-electron chi connectivity index (χ4n) is 1.29. The third-order valence-corrected chi connectivity index (χ3v) is 2.12. The van der Waals surface area contributed by atoms with Crippen molar-refractivity contribution in [3.63, 3.8) is 0 Å². The summed E-state index contributed by atoms with van der Waals surface area (Å²) >= 11 is 0. The van der Waals surface area contributed by atoms with Crippen molar-refractivity contribution in [3.8, 4) is 6.07 Å². The second-order valence-corrected chi connectivity index (χ2v) is 3.57. The van der Waals surface area contributed by atoms with Crippen LogP contribution in [0.25, 0.3) is 0 Å². The predicted molar refractivity (Wildman–Crippen MR) is 54.5 cm³/mol. The van der Waals surface area contributed by atoms with Crippen LogP contribution in [0, 0.1) is 17.2 Å². The van der Waals surface area contributed by atoms with Crippen molar-refractivity contribution in [1.29, 1.82) is 5.26 Å². The van der Waals surface area contributed by atoms with E-state index in [0.29, 0.717) is 6.54 Å². The van der Waals surface area contributed by atoms with Crippen molar-refractivity contribution in [3.05, 3.63) is 18.0 Å². The average Bonchev–Trinajstić information content (AvgIpc) is 2.61. The molecule has 0 aliphatic rings. The molecule has 0 N–H and O–H groups in total. The molecule has 1 unspecified atom stereocenters. The molecule has 15 heavy (non-hydrogen) atoms. The van der Waals surface area contributed by atoms with Crippen LogP contribution < -0.4 is 0 Å². The van der Waals surface area contributed by atoms with E-state index in [-0.39, 0.29) is 5.91 Å². The molecule has 0 saturated carbocycles. The van der Waals surface area contributed by atoms with E-state index >= 15 is 0 Å². The molecular weight excluding hydrogens is 192 g/mol. The number of carbonyl (C=O) groups is 1. The second kappa shape index (κ2) is 4.60. The van der Waals surface area contributed by atoms with Crippen molar-refractivity contribution in [2.45, 2.75) is 13.5 Å². The molecule has 0 spiro atoms. The smallest absolute Gasteiger partial charge is 0.239 e. The van der Waals surface area contributed by atoms with Crippen LogP contribution in [0.3, 0.4) is 0 Å². The van der Waals surface area contributed by atoms with E-state index in [1.165, 1.54) is 4.90 Å². The largest absolute Gasteiger partial charge is 0.340 e. The van der Waals surface area contributed by atoms with Crippen LogP contribution in [-0.4, -0.2) is 27.6 Å². The van der Waals surface area contributed by atoms with Crippen LogP contribution in [0.5, 0.6) is 0 Å². The SMILES string of the molecule is CC(C#N)C(=O)N(C)Cc1cnn(C)c1. The van der Waals surface area contributed by atoms with Gasteiger partial charge in [-0.05, 0) is 6.92 Å². The molecule has 0 bridgehead atoms. The molecule has 1 aromatic heterocycles. The van der Waals surface area contributed by atoms with Gasteiger partial charge in [0.2, 0.25) is 5.91 Å². The molecule has 0 saturated heterocycles. The number of amides is 1. The highest BCUT2D eigenvalue weighted by atomic mass is 16.2. The van der Waals surface area contributed by atoms with Gasteiger partial charge in [-0.25, -0.2) is 0 Å². The highest BCUT2D eigenvalue weighted by Gasteiger charge is 2.16. The first kappa shape index (κ1) is 11.2. The minimum Gasteiger partial charge on any atom is -0.340 e. The summed E-state index contributed by atoms with van der Waals surface area (Å²) in [6.45, 7) is 2.08. The summed E-state index contributed by atoms with van der Waals surface area (Å²) in [6, 6.07) is 1.92. The van der Waals surface area contributed by atoms with E-state index in [2.05, 4.69) is 5.10 Å². The first-order valence-electron chi connectivity index (χ1n) is 4.66. The number of aryl methyl sites for hydroxylation is 1. The average molecular weight is 206 g/mol. The summed E-state index contributed by atoms with van der Waals surface area (Å²) in [5.74, 6) is -0.756. The topological polar surface area (TPSA) is 61.9 Å². The summed E-state index contributed by atoms with van der Waals surface area (Å²) in [6.07, 6.45) is 3.56. The molecule has 1 rings (SSSR count). The minimum atomic E-state index is -0.591. The Labute approximate surface area is 88.9 Å². The van der Waals surface area contributed by atoms with Gasteiger partial charge in [-0.3, -0.25) is 9.48 Å². The summed E-state index contributed by atoms with van der Waals surface area (Å²) in [5.41, 5.74) is 0.957. The van der Waals surface area contributed by atoms with E-state index < -0.39 is 5.92 Å². The third kappa shape index (κ3) is 2.81. The Morgan fingerprint density at radius 1 is 1.80 bits per heavy atom. The van der Waals surface area contributed by atoms with Crippen LogP contribution in [0.1, 0.15) is 12.5 Å². The number of hydrogen-bond acceptors (Lipinski definition) is 3. The molecule has 5 heteroatoms. The molecule has 0 aliphatic heterocycles. The van der Waals surface area contributed by atoms with Crippen molar-refractivity contribution >= 4 is 5.91 Å². The number of hydrogen-bond donors (Lipinski definition) is 0. The van der Waals surface area contributed by atoms with Gasteiger partial charge in [-0.2, -0.15) is 10.4 Å². The Bertz CT molecular complexity index is 390. The van der Waals surface area contributed by atoms with Crippen molar-refractivity contribution < 1.29 is 4.79 Å². The summed E-state index contributed by atoms with van der Waals surface area (Å²) in [7, 11) is 3.51. The van der Waals surface area contributed by atoms with E-state index in [0.717, 1.165) is 5.56 Å². The van der Waals surface area contributed by atoms with Gasteiger partial charge in [0.15, 0.2) is 0 Å². The van der Waals surface area contributed by atoms with E-state index in [9.17, 15) is 4.79 Å². The maximum Gasteiger partial charge on any atom is 0.239 e. The predicted octanol–water partition coefficient (Wildman–Crippen LogP) is 0.538. The van der Waals surface area contributed by atoms with Gasteiger partial charge in [-0.1, -0.05) is 0 Å². The zero-order valence-corrected chi connectivity index (χ0v) is 9.14. The number of aromatic nitrogens is 2. The zero-order chi connectivity index (χ0) is 11.4. The fourth-order valence-corrected chi connectivity index (χ4v) is 1.29. The van der Waals surface area contributed by atoms with Gasteiger partial charge in [0.1, 0.15) is 5.92 Å². The molecule has 1 atom stereocenters. The Kier molecular flexibility index (Phi) is 3.45. The molecule has 0 aromatic carbocycles. The number of nitriles is 1. The summed E-state index contributed by atoms with van der Waals surface area (Å²) in [5, 5.41) is 12.6. The fraction of sp³-hybridized carbons (Fsp3) is 0.500. The summed E-state index contributed by atoms with van der Waals surface area (Å²) < 4.78 is 1.68. The quantitative estimate of drug-likeness (QED) is 0.725. The molecule has 1 heterocycles. The number of carbonyl (C=O) groups excluding carboxylic acids is 1. The molecule has 0 radical (unpaired) electrons. The Morgan fingerprint density at radius 2 is 2.47 bits per heavy atom. The molecular formula is C10H14N4O. The Balaban J connectivity index is 2.60. The van der Waals surface area contributed by atoms with Gasteiger partial charge in [0.25, 0.3) is 0 Å². The third-order valence-electron chi connectivity index (χ3n) is 2.12. The lowest BCUT2D eigenvalue weighted by Gasteiger charge is -2.17. The monoisotopic (exact) mass is 206 g/mol. The summed E-state index contributed by atoms with van der Waals surface area (Å²) in [4.78, 5) is 13.1. The minimum absolute atomic E-state index is 0.165. The maximum atomic E-state index is 11.6. The van der Waals surface area contributed by atoms with Crippen LogP contribution >= 0.6 is 0 Å². The lowest BCUT2D eigenvalue weighted by atomic mass is 10.2. The van der Waals surface area contributed by atoms with E-state index in [1.54, 1.807) is 24.9 Å². The molecule has 0 fully saturated rings. The molecule has 80 valence electrons. The van der Waals surface area contributed by atoms with Crippen LogP contribution in [0.2, 0.25) is 0 Å². The second-order valence-electron chi connectivity index (χ2n) is 3.57. The molecule has 5 nitrogen and oxygen atoms in total. The van der Waals surface area contributed by atoms with Gasteiger partial charge in [0, 0.05) is 32.4 Å². The Hall–Kier alpha value is -1.83. The lowest BCUT2D eigenvalue weighted by molar-refractivity contribution is -0.132. The zero-order valence-electron chi connectivity index (χ0n) is 9.14. The van der Waals surface area contributed by atoms with Crippen LogP contribution in [-0.2, 0) is 18.4 Å². The standard InChI is InChI=1S/C10H14N4O/c1-8(4-11)10(15)13(2)6-9-5-12-14(3)7-9/h5,7-8H,6H2,1-3H3. The first-order chi connectivity index (χ1) is 7.04. The van der Waals surface area contributed by atoms with Gasteiger partial charge in [-0.15, -0.1) is 0 Å². The number of nitrogens with zero attached hydrogens (tertiary/aromatic N) is 4. The van der Waals surface area contributed by atoms with Crippen molar-refractivity contribution in [2.24, 2.45) is 13.0 Å². The van der Waals surface area contributed by atoms with Crippen LogP contribution in [0.4, 0.5) is 0 Å². The molecule has 1 aromatic rings. The van der Waals surface area contributed by atoms with Gasteiger partial charge >= 0.3 is 0 Å². The Morgan fingerprint density at radius 3 is 2.93 bits per heavy atom. The highest BCUT2D eigenvalue weighted by Crippen LogP contribution is 2.05. The van der Waals surface area contributed by atoms with E-state index in [4.69, 9.17) is 5.26 Å². The van der Waals surface area contributed by atoms with E-state index in [1.807, 2.05) is 19.3 Å². The van der Waals surface area contributed by atoms with Crippen LogP contribution in [0.15, 0.2) is 12.4 Å². The first-order valence-corrected chi connectivity index (χ1v) is 4.66. The number of rotatable bonds is 3. The van der Waals surface area contributed by atoms with Crippen molar-refractivity contribution in [1.82, 2.24) is 14.7 Å². The molecule has 0 aliphatic carbocycles. The normalized spacial score (nSPS) is 11.9. The van der Waals surface area contributed by atoms with Crippen molar-refractivity contribution in [2.75, 3.05) is 7.05 Å². The molecule has 1 amide bonds. The maximum absolute atomic E-state index is 11.6. The van der Waals surface area contributed by atoms with Gasteiger partial charge in [0.05, 0.1) is 12.3 Å². The lowest BCUT2D eigenvalue weighted by Crippen LogP contribution is -2.30. The highest BCUT2D eigenvalue weighted by molar-refractivity contribution is 5.80.